The number of aromatic carboxylic acids is 1. The van der Waals surface area contributed by atoms with Gasteiger partial charge in [0.05, 0.1) is 6.54 Å². The van der Waals surface area contributed by atoms with E-state index in [1.165, 1.54) is 11.0 Å². The van der Waals surface area contributed by atoms with Crippen molar-refractivity contribution in [3.8, 4) is 0 Å². The Labute approximate surface area is 129 Å². The molecule has 0 saturated carbocycles. The second-order valence-electron chi connectivity index (χ2n) is 5.45. The van der Waals surface area contributed by atoms with Gasteiger partial charge in [0.15, 0.2) is 0 Å². The zero-order valence-electron chi connectivity index (χ0n) is 13.1. The molecule has 1 aromatic heterocycles. The summed E-state index contributed by atoms with van der Waals surface area (Å²) in [5, 5.41) is 9.02. The van der Waals surface area contributed by atoms with Crippen LogP contribution < -0.4 is 0 Å². The van der Waals surface area contributed by atoms with Gasteiger partial charge in [0.1, 0.15) is 17.1 Å². The molecule has 0 bridgehead atoms. The Bertz CT molecular complexity index is 730. The molecule has 2 aromatic rings. The predicted molar refractivity (Wildman–Crippen MR) is 82.1 cm³/mol. The van der Waals surface area contributed by atoms with Gasteiger partial charge in [0.25, 0.3) is 5.91 Å². The summed E-state index contributed by atoms with van der Waals surface area (Å²) in [6.45, 7) is 5.77. The molecule has 0 atom stereocenters. The van der Waals surface area contributed by atoms with Crippen molar-refractivity contribution in [2.75, 3.05) is 7.05 Å². The number of hydrogen-bond acceptors (Lipinski definition) is 3. The molecule has 0 aliphatic rings. The van der Waals surface area contributed by atoms with E-state index in [1.807, 2.05) is 26.0 Å². The standard InChI is InChI=1S/C17H19NO4/c1-10-5-6-13(7-11(10)2)16(19)18(4)9-14-8-15(17(20)21)12(3)22-14/h5-8H,9H2,1-4H3,(H,20,21). The van der Waals surface area contributed by atoms with Gasteiger partial charge in [-0.05, 0) is 50.1 Å². The van der Waals surface area contributed by atoms with E-state index < -0.39 is 5.97 Å². The lowest BCUT2D eigenvalue weighted by Crippen LogP contribution is -2.26. The van der Waals surface area contributed by atoms with Crippen molar-refractivity contribution >= 4 is 11.9 Å². The topological polar surface area (TPSA) is 70.8 Å². The summed E-state index contributed by atoms with van der Waals surface area (Å²) in [6.07, 6.45) is 0. The van der Waals surface area contributed by atoms with Crippen molar-refractivity contribution in [3.05, 3.63) is 58.0 Å². The summed E-state index contributed by atoms with van der Waals surface area (Å²) in [4.78, 5) is 24.9. The number of carbonyl (C=O) groups excluding carboxylic acids is 1. The number of aryl methyl sites for hydroxylation is 3. The molecule has 1 heterocycles. The molecule has 2 rings (SSSR count). The third-order valence-electron chi connectivity index (χ3n) is 3.69. The fraction of sp³-hybridized carbons (Fsp3) is 0.294. The zero-order valence-corrected chi connectivity index (χ0v) is 13.1. The number of rotatable bonds is 4. The molecular weight excluding hydrogens is 282 g/mol. The summed E-state index contributed by atoms with van der Waals surface area (Å²) in [5.41, 5.74) is 2.92. The third-order valence-corrected chi connectivity index (χ3v) is 3.69. The molecule has 5 heteroatoms. The molecule has 0 fully saturated rings. The van der Waals surface area contributed by atoms with E-state index >= 15 is 0 Å². The van der Waals surface area contributed by atoms with Gasteiger partial charge in [-0.1, -0.05) is 6.07 Å². The first-order chi connectivity index (χ1) is 10.3. The second kappa shape index (κ2) is 6.05. The Hall–Kier alpha value is -2.56. The van der Waals surface area contributed by atoms with E-state index in [4.69, 9.17) is 9.52 Å². The smallest absolute Gasteiger partial charge is 0.339 e. The minimum Gasteiger partial charge on any atom is -0.478 e. The molecular formula is C17H19NO4. The molecule has 0 saturated heterocycles. The summed E-state index contributed by atoms with van der Waals surface area (Å²) < 4.78 is 5.40. The monoisotopic (exact) mass is 301 g/mol. The highest BCUT2D eigenvalue weighted by Gasteiger charge is 2.18. The fourth-order valence-electron chi connectivity index (χ4n) is 2.23. The Balaban J connectivity index is 2.16. The molecule has 0 unspecified atom stereocenters. The summed E-state index contributed by atoms with van der Waals surface area (Å²) in [5.74, 6) is -0.367. The van der Waals surface area contributed by atoms with E-state index in [9.17, 15) is 9.59 Å². The van der Waals surface area contributed by atoms with Crippen LogP contribution in [0.4, 0.5) is 0 Å². The average molecular weight is 301 g/mol. The summed E-state index contributed by atoms with van der Waals surface area (Å²) >= 11 is 0. The number of nitrogens with zero attached hydrogens (tertiary/aromatic N) is 1. The number of hydrogen-bond donors (Lipinski definition) is 1. The van der Waals surface area contributed by atoms with Gasteiger partial charge in [-0.2, -0.15) is 0 Å². The van der Waals surface area contributed by atoms with Crippen LogP contribution >= 0.6 is 0 Å². The van der Waals surface area contributed by atoms with Crippen LogP contribution in [-0.4, -0.2) is 28.9 Å². The lowest BCUT2D eigenvalue weighted by atomic mass is 10.1. The predicted octanol–water partition coefficient (Wildman–Crippen LogP) is 3.18. The zero-order chi connectivity index (χ0) is 16.4. The van der Waals surface area contributed by atoms with E-state index in [0.29, 0.717) is 17.1 Å². The first-order valence-electron chi connectivity index (χ1n) is 6.95. The lowest BCUT2D eigenvalue weighted by Gasteiger charge is -2.16. The second-order valence-corrected chi connectivity index (χ2v) is 5.45. The summed E-state index contributed by atoms with van der Waals surface area (Å²) in [6, 6.07) is 7.01. The number of carbonyl (C=O) groups is 2. The number of amides is 1. The van der Waals surface area contributed by atoms with Gasteiger partial charge in [0, 0.05) is 12.6 Å². The highest BCUT2D eigenvalue weighted by molar-refractivity contribution is 5.94. The molecule has 1 aromatic carbocycles. The maximum absolute atomic E-state index is 12.4. The highest BCUT2D eigenvalue weighted by atomic mass is 16.4. The number of carboxylic acid groups (broad SMARTS) is 1. The van der Waals surface area contributed by atoms with Crippen LogP contribution in [0.5, 0.6) is 0 Å². The lowest BCUT2D eigenvalue weighted by molar-refractivity contribution is 0.0694. The van der Waals surface area contributed by atoms with Crippen LogP contribution in [0.15, 0.2) is 28.7 Å². The SMILES string of the molecule is Cc1ccc(C(=O)N(C)Cc2cc(C(=O)O)c(C)o2)cc1C. The molecule has 1 amide bonds. The maximum Gasteiger partial charge on any atom is 0.339 e. The van der Waals surface area contributed by atoms with Crippen molar-refractivity contribution in [1.29, 1.82) is 0 Å². The first-order valence-corrected chi connectivity index (χ1v) is 6.95. The van der Waals surface area contributed by atoms with Gasteiger partial charge in [0.2, 0.25) is 0 Å². The van der Waals surface area contributed by atoms with Gasteiger partial charge < -0.3 is 14.4 Å². The largest absolute Gasteiger partial charge is 0.478 e. The Morgan fingerprint density at radius 1 is 1.14 bits per heavy atom. The first kappa shape index (κ1) is 15.8. The third kappa shape index (κ3) is 3.19. The van der Waals surface area contributed by atoms with E-state index in [2.05, 4.69) is 0 Å². The van der Waals surface area contributed by atoms with Gasteiger partial charge in [-0.3, -0.25) is 4.79 Å². The van der Waals surface area contributed by atoms with E-state index in [0.717, 1.165) is 11.1 Å². The molecule has 0 aliphatic heterocycles. The number of carboxylic acids is 1. The molecule has 1 N–H and O–H groups in total. The van der Waals surface area contributed by atoms with Crippen LogP contribution in [0.25, 0.3) is 0 Å². The van der Waals surface area contributed by atoms with Gasteiger partial charge in [-0.15, -0.1) is 0 Å². The van der Waals surface area contributed by atoms with E-state index in [1.54, 1.807) is 20.0 Å². The maximum atomic E-state index is 12.4. The summed E-state index contributed by atoms with van der Waals surface area (Å²) in [7, 11) is 1.66. The van der Waals surface area contributed by atoms with Crippen molar-refractivity contribution in [2.24, 2.45) is 0 Å². The molecule has 0 radical (unpaired) electrons. The van der Waals surface area contributed by atoms with Crippen LogP contribution in [0.3, 0.4) is 0 Å². The van der Waals surface area contributed by atoms with Gasteiger partial charge in [-0.25, -0.2) is 4.79 Å². The van der Waals surface area contributed by atoms with Crippen LogP contribution in [0.1, 0.15) is 43.4 Å². The quantitative estimate of drug-likeness (QED) is 0.941. The Kier molecular flexibility index (Phi) is 4.35. The van der Waals surface area contributed by atoms with Crippen LogP contribution in [-0.2, 0) is 6.54 Å². The molecule has 5 nitrogen and oxygen atoms in total. The Morgan fingerprint density at radius 3 is 2.36 bits per heavy atom. The van der Waals surface area contributed by atoms with Crippen molar-refractivity contribution in [1.82, 2.24) is 4.90 Å². The average Bonchev–Trinajstić information content (AvgIpc) is 2.82. The van der Waals surface area contributed by atoms with Gasteiger partial charge >= 0.3 is 5.97 Å². The van der Waals surface area contributed by atoms with Crippen molar-refractivity contribution < 1.29 is 19.1 Å². The minimum atomic E-state index is -1.03. The number of benzene rings is 1. The van der Waals surface area contributed by atoms with E-state index in [-0.39, 0.29) is 18.0 Å². The number of furan rings is 1. The Morgan fingerprint density at radius 2 is 1.82 bits per heavy atom. The van der Waals surface area contributed by atoms with Crippen LogP contribution in [0, 0.1) is 20.8 Å². The molecule has 0 spiro atoms. The van der Waals surface area contributed by atoms with Crippen molar-refractivity contribution in [2.45, 2.75) is 27.3 Å². The highest BCUT2D eigenvalue weighted by Crippen LogP contribution is 2.17. The van der Waals surface area contributed by atoms with Crippen LogP contribution in [0.2, 0.25) is 0 Å². The normalized spacial score (nSPS) is 10.5. The molecule has 22 heavy (non-hydrogen) atoms. The molecule has 0 aliphatic carbocycles. The molecule has 116 valence electrons. The fourth-order valence-corrected chi connectivity index (χ4v) is 2.23. The van der Waals surface area contributed by atoms with Crippen molar-refractivity contribution in [3.63, 3.8) is 0 Å². The minimum absolute atomic E-state index is 0.127.